The molecule has 1 fully saturated rings. The van der Waals surface area contributed by atoms with Gasteiger partial charge in [-0.2, -0.15) is 13.2 Å². The van der Waals surface area contributed by atoms with E-state index in [4.69, 9.17) is 0 Å². The van der Waals surface area contributed by atoms with Crippen molar-refractivity contribution < 1.29 is 22.4 Å². The van der Waals surface area contributed by atoms with Crippen LogP contribution in [0.5, 0.6) is 0 Å². The van der Waals surface area contributed by atoms with E-state index in [2.05, 4.69) is 5.43 Å². The highest BCUT2D eigenvalue weighted by atomic mass is 19.4. The van der Waals surface area contributed by atoms with Gasteiger partial charge in [0, 0.05) is 13.0 Å². The molecule has 3 nitrogen and oxygen atoms in total. The van der Waals surface area contributed by atoms with E-state index in [9.17, 15) is 22.4 Å². The van der Waals surface area contributed by atoms with Crippen LogP contribution in [0, 0.1) is 5.82 Å². The van der Waals surface area contributed by atoms with Gasteiger partial charge in [0.25, 0.3) is 0 Å². The third-order valence-electron chi connectivity index (χ3n) is 3.46. The molecule has 1 N–H and O–H groups in total. The van der Waals surface area contributed by atoms with Gasteiger partial charge >= 0.3 is 6.18 Å². The van der Waals surface area contributed by atoms with Crippen molar-refractivity contribution in [2.24, 2.45) is 0 Å². The topological polar surface area (TPSA) is 32.3 Å². The average molecular weight is 304 g/mol. The van der Waals surface area contributed by atoms with Crippen LogP contribution in [0.2, 0.25) is 0 Å². The van der Waals surface area contributed by atoms with Crippen LogP contribution in [-0.2, 0) is 11.2 Å². The van der Waals surface area contributed by atoms with Gasteiger partial charge in [0.1, 0.15) is 11.9 Å². The van der Waals surface area contributed by atoms with E-state index in [1.165, 1.54) is 12.1 Å². The Balaban J connectivity index is 1.90. The number of hydrogen-bond acceptors (Lipinski definition) is 2. The molecule has 1 amide bonds. The fraction of sp³-hybridized carbons (Fsp3) is 0.500. The number of aryl methyl sites for hydroxylation is 1. The zero-order chi connectivity index (χ0) is 15.5. The second-order valence-electron chi connectivity index (χ2n) is 5.05. The SMILES string of the molecule is O=C1CCN([C@@H](CCCc2ccc(F)cc2)C(F)(F)F)N1. The molecule has 1 aliphatic heterocycles. The Hall–Kier alpha value is -1.63. The second-order valence-corrected chi connectivity index (χ2v) is 5.05. The molecule has 1 saturated heterocycles. The Labute approximate surface area is 119 Å². The number of hydrogen-bond donors (Lipinski definition) is 1. The monoisotopic (exact) mass is 304 g/mol. The highest BCUT2D eigenvalue weighted by Crippen LogP contribution is 2.29. The molecule has 1 aromatic carbocycles. The predicted molar refractivity (Wildman–Crippen MR) is 68.6 cm³/mol. The fourth-order valence-corrected chi connectivity index (χ4v) is 2.37. The van der Waals surface area contributed by atoms with Crippen LogP contribution in [-0.4, -0.2) is 29.7 Å². The first-order valence-electron chi connectivity index (χ1n) is 6.73. The summed E-state index contributed by atoms with van der Waals surface area (Å²) in [5, 5.41) is 0.965. The third-order valence-corrected chi connectivity index (χ3v) is 3.46. The number of amides is 1. The van der Waals surface area contributed by atoms with E-state index in [0.717, 1.165) is 10.6 Å². The first kappa shape index (κ1) is 15.8. The van der Waals surface area contributed by atoms with Gasteiger partial charge in [0.05, 0.1) is 0 Å². The number of carbonyl (C=O) groups excluding carboxylic acids is 1. The van der Waals surface area contributed by atoms with Crippen molar-refractivity contribution in [3.63, 3.8) is 0 Å². The predicted octanol–water partition coefficient (Wildman–Crippen LogP) is 2.82. The highest BCUT2D eigenvalue weighted by Gasteiger charge is 2.45. The minimum atomic E-state index is -4.39. The van der Waals surface area contributed by atoms with Crippen molar-refractivity contribution in [2.75, 3.05) is 6.54 Å². The van der Waals surface area contributed by atoms with Crippen LogP contribution in [0.1, 0.15) is 24.8 Å². The van der Waals surface area contributed by atoms with Gasteiger partial charge in [-0.3, -0.25) is 10.2 Å². The third kappa shape index (κ3) is 4.42. The van der Waals surface area contributed by atoms with Gasteiger partial charge in [-0.15, -0.1) is 0 Å². The molecule has 0 aromatic heterocycles. The van der Waals surface area contributed by atoms with Crippen LogP contribution >= 0.6 is 0 Å². The van der Waals surface area contributed by atoms with Crippen molar-refractivity contribution in [1.82, 2.24) is 10.4 Å². The van der Waals surface area contributed by atoms with Crippen molar-refractivity contribution in [3.05, 3.63) is 35.6 Å². The lowest BCUT2D eigenvalue weighted by atomic mass is 10.0. The van der Waals surface area contributed by atoms with Gasteiger partial charge in [-0.1, -0.05) is 12.1 Å². The molecule has 21 heavy (non-hydrogen) atoms. The van der Waals surface area contributed by atoms with E-state index in [-0.39, 0.29) is 31.1 Å². The number of hydrazine groups is 1. The maximum absolute atomic E-state index is 13.0. The Morgan fingerprint density at radius 3 is 2.43 bits per heavy atom. The Morgan fingerprint density at radius 1 is 1.24 bits per heavy atom. The molecular formula is C14H16F4N2O. The summed E-state index contributed by atoms with van der Waals surface area (Å²) in [4.78, 5) is 11.1. The maximum Gasteiger partial charge on any atom is 0.405 e. The summed E-state index contributed by atoms with van der Waals surface area (Å²) in [6.07, 6.45) is -3.66. The molecule has 0 bridgehead atoms. The zero-order valence-corrected chi connectivity index (χ0v) is 11.3. The number of benzene rings is 1. The highest BCUT2D eigenvalue weighted by molar-refractivity contribution is 5.77. The summed E-state index contributed by atoms with van der Waals surface area (Å²) in [5.74, 6) is -0.755. The molecule has 0 unspecified atom stereocenters. The van der Waals surface area contributed by atoms with Gasteiger partial charge in [0.2, 0.25) is 5.91 Å². The van der Waals surface area contributed by atoms with Gasteiger partial charge in [-0.25, -0.2) is 9.40 Å². The van der Waals surface area contributed by atoms with E-state index in [0.29, 0.717) is 12.8 Å². The summed E-state index contributed by atoms with van der Waals surface area (Å²) in [6, 6.07) is 4.03. The lowest BCUT2D eigenvalue weighted by Crippen LogP contribution is -2.49. The van der Waals surface area contributed by atoms with E-state index >= 15 is 0 Å². The zero-order valence-electron chi connectivity index (χ0n) is 11.3. The summed E-state index contributed by atoms with van der Waals surface area (Å²) in [5.41, 5.74) is 3.04. The van der Waals surface area contributed by atoms with E-state index in [1.807, 2.05) is 0 Å². The van der Waals surface area contributed by atoms with Crippen molar-refractivity contribution in [3.8, 4) is 0 Å². The van der Waals surface area contributed by atoms with Crippen LogP contribution in [0.25, 0.3) is 0 Å². The molecule has 0 radical (unpaired) electrons. The summed E-state index contributed by atoms with van der Waals surface area (Å²) >= 11 is 0. The molecule has 1 atom stereocenters. The van der Waals surface area contributed by atoms with Crippen molar-refractivity contribution >= 4 is 5.91 Å². The molecule has 1 heterocycles. The Bertz CT molecular complexity index is 487. The lowest BCUT2D eigenvalue weighted by Gasteiger charge is -2.28. The minimum Gasteiger partial charge on any atom is -0.288 e. The molecular weight excluding hydrogens is 288 g/mol. The molecule has 0 saturated carbocycles. The van der Waals surface area contributed by atoms with Crippen LogP contribution in [0.15, 0.2) is 24.3 Å². The number of nitrogens with zero attached hydrogens (tertiary/aromatic N) is 1. The number of rotatable bonds is 5. The average Bonchev–Trinajstić information content (AvgIpc) is 2.81. The molecule has 116 valence electrons. The normalized spacial score (nSPS) is 17.8. The molecule has 1 aromatic rings. The number of alkyl halides is 3. The van der Waals surface area contributed by atoms with Gasteiger partial charge < -0.3 is 0 Å². The maximum atomic E-state index is 13.0. The van der Waals surface area contributed by atoms with Crippen LogP contribution < -0.4 is 5.43 Å². The van der Waals surface area contributed by atoms with Gasteiger partial charge in [0.15, 0.2) is 0 Å². The Kier molecular flexibility index (Phi) is 4.82. The number of halogens is 4. The quantitative estimate of drug-likeness (QED) is 0.848. The Morgan fingerprint density at radius 2 is 1.90 bits per heavy atom. The van der Waals surface area contributed by atoms with Crippen molar-refractivity contribution in [1.29, 1.82) is 0 Å². The first-order valence-corrected chi connectivity index (χ1v) is 6.73. The molecule has 0 aliphatic carbocycles. The molecule has 7 heteroatoms. The van der Waals surface area contributed by atoms with Crippen LogP contribution in [0.3, 0.4) is 0 Å². The molecule has 2 rings (SSSR count). The summed E-state index contributed by atoms with van der Waals surface area (Å²) in [6.45, 7) is 0.0690. The fourth-order valence-electron chi connectivity index (χ4n) is 2.37. The number of nitrogens with one attached hydrogen (secondary N) is 1. The summed E-state index contributed by atoms with van der Waals surface area (Å²) in [7, 11) is 0. The van der Waals surface area contributed by atoms with Crippen molar-refractivity contribution in [2.45, 2.75) is 37.9 Å². The molecule has 0 spiro atoms. The summed E-state index contributed by atoms with van der Waals surface area (Å²) < 4.78 is 51.8. The molecule has 1 aliphatic rings. The van der Waals surface area contributed by atoms with E-state index < -0.39 is 12.2 Å². The van der Waals surface area contributed by atoms with E-state index in [1.54, 1.807) is 12.1 Å². The largest absolute Gasteiger partial charge is 0.405 e. The van der Waals surface area contributed by atoms with Gasteiger partial charge in [-0.05, 0) is 37.0 Å². The smallest absolute Gasteiger partial charge is 0.288 e. The minimum absolute atomic E-state index is 0.0690. The standard InChI is InChI=1S/C14H16F4N2O/c15-11-6-4-10(5-7-11)2-1-3-12(14(16,17)18)20-9-8-13(21)19-20/h4-7,12H,1-3,8-9H2,(H,19,21)/t12-/m0/s1. The first-order chi connectivity index (χ1) is 9.86. The second kappa shape index (κ2) is 6.43. The number of carbonyl (C=O) groups is 1. The lowest BCUT2D eigenvalue weighted by molar-refractivity contribution is -0.190. The van der Waals surface area contributed by atoms with Crippen LogP contribution in [0.4, 0.5) is 17.6 Å².